The van der Waals surface area contributed by atoms with Crippen molar-refractivity contribution in [2.75, 3.05) is 11.4 Å². The molecule has 0 saturated carbocycles. The van der Waals surface area contributed by atoms with E-state index in [4.69, 9.17) is 4.98 Å². The standard InChI is InChI=1S/C25H27N5O2/c1-16-9-11-20(12-10-16)28-13-17(2)14-29-21-22(26-24(28)29)27(4)25(32)30(23(21)31)15-19-8-6-5-7-18(19)3/h5-12,17H,13-15H2,1-4H3. The van der Waals surface area contributed by atoms with Gasteiger partial charge in [-0.1, -0.05) is 48.9 Å². The van der Waals surface area contributed by atoms with Gasteiger partial charge in [-0.3, -0.25) is 13.9 Å². The van der Waals surface area contributed by atoms with E-state index < -0.39 is 0 Å². The van der Waals surface area contributed by atoms with Gasteiger partial charge in [0.25, 0.3) is 5.56 Å². The quantitative estimate of drug-likeness (QED) is 0.501. The highest BCUT2D eigenvalue weighted by Gasteiger charge is 2.29. The van der Waals surface area contributed by atoms with Crippen LogP contribution in [0, 0.1) is 19.8 Å². The molecule has 0 saturated heterocycles. The van der Waals surface area contributed by atoms with Gasteiger partial charge in [-0.05, 0) is 43.0 Å². The highest BCUT2D eigenvalue weighted by atomic mass is 16.2. The molecule has 7 nitrogen and oxygen atoms in total. The average molecular weight is 430 g/mol. The molecule has 0 spiro atoms. The van der Waals surface area contributed by atoms with E-state index in [1.54, 1.807) is 7.05 Å². The minimum atomic E-state index is -0.351. The van der Waals surface area contributed by atoms with E-state index in [1.165, 1.54) is 14.7 Å². The Balaban J connectivity index is 1.73. The first-order valence-corrected chi connectivity index (χ1v) is 10.9. The van der Waals surface area contributed by atoms with Crippen LogP contribution >= 0.6 is 0 Å². The Kier molecular flexibility index (Phi) is 4.77. The molecule has 5 rings (SSSR count). The Morgan fingerprint density at radius 3 is 2.44 bits per heavy atom. The molecule has 7 heteroatoms. The van der Waals surface area contributed by atoms with Gasteiger partial charge in [0.15, 0.2) is 11.2 Å². The van der Waals surface area contributed by atoms with Crippen LogP contribution in [-0.4, -0.2) is 25.2 Å². The van der Waals surface area contributed by atoms with Crippen LogP contribution in [0.2, 0.25) is 0 Å². The van der Waals surface area contributed by atoms with E-state index in [9.17, 15) is 9.59 Å². The van der Waals surface area contributed by atoms with E-state index in [-0.39, 0.29) is 17.8 Å². The summed E-state index contributed by atoms with van der Waals surface area (Å²) in [5.41, 5.74) is 4.51. The molecule has 1 atom stereocenters. The Bertz CT molecular complexity index is 1440. The summed E-state index contributed by atoms with van der Waals surface area (Å²) in [5.74, 6) is 1.03. The molecule has 0 radical (unpaired) electrons. The number of imidazole rings is 1. The van der Waals surface area contributed by atoms with Crippen LogP contribution < -0.4 is 16.1 Å². The van der Waals surface area contributed by atoms with Gasteiger partial charge in [0.2, 0.25) is 5.95 Å². The van der Waals surface area contributed by atoms with Crippen LogP contribution in [0.15, 0.2) is 58.1 Å². The molecule has 32 heavy (non-hydrogen) atoms. The predicted molar refractivity (Wildman–Crippen MR) is 127 cm³/mol. The molecular formula is C25H27N5O2. The number of nitrogens with zero attached hydrogens (tertiary/aromatic N) is 5. The summed E-state index contributed by atoms with van der Waals surface area (Å²) in [5, 5.41) is 0. The maximum atomic E-state index is 13.6. The summed E-state index contributed by atoms with van der Waals surface area (Å²) in [6.07, 6.45) is 0. The number of aryl methyl sites for hydroxylation is 3. The van der Waals surface area contributed by atoms with Crippen LogP contribution in [0.25, 0.3) is 11.2 Å². The van der Waals surface area contributed by atoms with Crippen molar-refractivity contribution in [3.05, 3.63) is 86.1 Å². The molecule has 1 aliphatic heterocycles. The highest BCUT2D eigenvalue weighted by molar-refractivity contribution is 5.77. The SMILES string of the molecule is Cc1ccc(N2CC(C)Cn3c2nc2c3c(=O)n(Cc3ccccc3C)c(=O)n2C)cc1. The first-order chi connectivity index (χ1) is 15.3. The van der Waals surface area contributed by atoms with Gasteiger partial charge in [0.1, 0.15) is 0 Å². The number of hydrogen-bond donors (Lipinski definition) is 0. The third-order valence-corrected chi connectivity index (χ3v) is 6.38. The van der Waals surface area contributed by atoms with Crippen molar-refractivity contribution >= 4 is 22.8 Å². The summed E-state index contributed by atoms with van der Waals surface area (Å²) in [7, 11) is 1.69. The molecule has 4 aromatic rings. The van der Waals surface area contributed by atoms with E-state index in [1.807, 2.05) is 35.8 Å². The number of benzene rings is 2. The number of aromatic nitrogens is 4. The lowest BCUT2D eigenvalue weighted by Crippen LogP contribution is -2.40. The Hall–Kier alpha value is -3.61. The lowest BCUT2D eigenvalue weighted by Gasteiger charge is -2.33. The molecule has 164 valence electrons. The van der Waals surface area contributed by atoms with Crippen LogP contribution in [0.4, 0.5) is 11.6 Å². The zero-order valence-corrected chi connectivity index (χ0v) is 18.9. The second-order valence-corrected chi connectivity index (χ2v) is 8.91. The Morgan fingerprint density at radius 1 is 1.00 bits per heavy atom. The molecular weight excluding hydrogens is 402 g/mol. The summed E-state index contributed by atoms with van der Waals surface area (Å²) in [4.78, 5) is 33.7. The van der Waals surface area contributed by atoms with Crippen molar-refractivity contribution in [3.8, 4) is 0 Å². The molecule has 2 aromatic heterocycles. The first-order valence-electron chi connectivity index (χ1n) is 10.9. The van der Waals surface area contributed by atoms with Gasteiger partial charge >= 0.3 is 5.69 Å². The molecule has 1 aliphatic rings. The lowest BCUT2D eigenvalue weighted by atomic mass is 10.1. The fraction of sp³-hybridized carbons (Fsp3) is 0.320. The van der Waals surface area contributed by atoms with E-state index in [0.29, 0.717) is 29.6 Å². The fourth-order valence-corrected chi connectivity index (χ4v) is 4.54. The van der Waals surface area contributed by atoms with Gasteiger partial charge in [-0.2, -0.15) is 4.98 Å². The molecule has 2 aromatic carbocycles. The zero-order chi connectivity index (χ0) is 22.6. The van der Waals surface area contributed by atoms with E-state index >= 15 is 0 Å². The van der Waals surface area contributed by atoms with Crippen LogP contribution in [0.1, 0.15) is 23.6 Å². The summed E-state index contributed by atoms with van der Waals surface area (Å²) in [6, 6.07) is 16.1. The van der Waals surface area contributed by atoms with Crippen molar-refractivity contribution in [1.29, 1.82) is 0 Å². The third-order valence-electron chi connectivity index (χ3n) is 6.38. The van der Waals surface area contributed by atoms with Gasteiger partial charge in [-0.15, -0.1) is 0 Å². The minimum absolute atomic E-state index is 0.242. The maximum Gasteiger partial charge on any atom is 0.332 e. The number of rotatable bonds is 3. The molecule has 3 heterocycles. The second-order valence-electron chi connectivity index (χ2n) is 8.91. The van der Waals surface area contributed by atoms with Gasteiger partial charge in [0, 0.05) is 25.8 Å². The largest absolute Gasteiger partial charge is 0.332 e. The second kappa shape index (κ2) is 7.51. The summed E-state index contributed by atoms with van der Waals surface area (Å²) in [6.45, 7) is 7.95. The zero-order valence-electron chi connectivity index (χ0n) is 18.9. The summed E-state index contributed by atoms with van der Waals surface area (Å²) >= 11 is 0. The van der Waals surface area contributed by atoms with Crippen LogP contribution in [0.3, 0.4) is 0 Å². The van der Waals surface area contributed by atoms with Crippen LogP contribution in [0.5, 0.6) is 0 Å². The van der Waals surface area contributed by atoms with Crippen molar-refractivity contribution < 1.29 is 0 Å². The third kappa shape index (κ3) is 3.16. The molecule has 0 bridgehead atoms. The van der Waals surface area contributed by atoms with Gasteiger partial charge in [-0.25, -0.2) is 4.79 Å². The fourth-order valence-electron chi connectivity index (χ4n) is 4.54. The normalized spacial score (nSPS) is 15.9. The Morgan fingerprint density at radius 2 is 1.72 bits per heavy atom. The molecule has 1 unspecified atom stereocenters. The van der Waals surface area contributed by atoms with Gasteiger partial charge < -0.3 is 9.47 Å². The Labute approximate surface area is 186 Å². The van der Waals surface area contributed by atoms with Gasteiger partial charge in [0.05, 0.1) is 6.54 Å². The van der Waals surface area contributed by atoms with Crippen molar-refractivity contribution in [2.24, 2.45) is 13.0 Å². The monoisotopic (exact) mass is 429 g/mol. The molecule has 0 fully saturated rings. The minimum Gasteiger partial charge on any atom is -0.312 e. The molecule has 0 aliphatic carbocycles. The molecule has 0 amide bonds. The van der Waals surface area contributed by atoms with Crippen molar-refractivity contribution in [1.82, 2.24) is 18.7 Å². The predicted octanol–water partition coefficient (Wildman–Crippen LogP) is 3.35. The number of fused-ring (bicyclic) bond motifs is 3. The highest BCUT2D eigenvalue weighted by Crippen LogP contribution is 2.32. The average Bonchev–Trinajstić information content (AvgIpc) is 3.16. The van der Waals surface area contributed by atoms with Crippen LogP contribution in [-0.2, 0) is 20.1 Å². The first kappa shape index (κ1) is 20.3. The smallest absolute Gasteiger partial charge is 0.312 e. The number of hydrogen-bond acceptors (Lipinski definition) is 4. The topological polar surface area (TPSA) is 65.1 Å². The lowest BCUT2D eigenvalue weighted by molar-refractivity contribution is 0.458. The number of anilines is 2. The van der Waals surface area contributed by atoms with Crippen molar-refractivity contribution in [3.63, 3.8) is 0 Å². The maximum absolute atomic E-state index is 13.6. The van der Waals surface area contributed by atoms with Crippen molar-refractivity contribution in [2.45, 2.75) is 33.9 Å². The molecule has 0 N–H and O–H groups in total. The van der Waals surface area contributed by atoms with E-state index in [0.717, 1.165) is 23.4 Å². The summed E-state index contributed by atoms with van der Waals surface area (Å²) < 4.78 is 4.81. The van der Waals surface area contributed by atoms with E-state index in [2.05, 4.69) is 43.0 Å².